The third-order valence-corrected chi connectivity index (χ3v) is 4.91. The summed E-state index contributed by atoms with van der Waals surface area (Å²) in [4.78, 5) is 25.8. The maximum Gasteiger partial charge on any atom is 0.227 e. The molecule has 1 aromatic carbocycles. The Hall–Kier alpha value is -1.36. The van der Waals surface area contributed by atoms with E-state index < -0.39 is 0 Å². The monoisotopic (exact) mass is 350 g/mol. The number of halogens is 1. The molecule has 2 aliphatic heterocycles. The third kappa shape index (κ3) is 3.46. The predicted octanol–water partition coefficient (Wildman–Crippen LogP) is 2.12. The molecule has 4 nitrogen and oxygen atoms in total. The van der Waals surface area contributed by atoms with Crippen LogP contribution in [0.3, 0.4) is 0 Å². The highest BCUT2D eigenvalue weighted by molar-refractivity contribution is 9.10. The lowest BCUT2D eigenvalue weighted by Gasteiger charge is -2.41. The largest absolute Gasteiger partial charge is 0.353 e. The number of benzene rings is 1. The fraction of sp³-hybridized carbons (Fsp3) is 0.500. The van der Waals surface area contributed by atoms with Crippen molar-refractivity contribution in [3.8, 4) is 0 Å². The first-order valence-electron chi connectivity index (χ1n) is 7.43. The second-order valence-corrected chi connectivity index (χ2v) is 6.82. The molecule has 2 amide bonds. The number of carbonyl (C=O) groups is 2. The zero-order chi connectivity index (χ0) is 14.8. The number of nitrogens with one attached hydrogen (secondary N) is 1. The summed E-state index contributed by atoms with van der Waals surface area (Å²) in [6.07, 6.45) is 2.82. The van der Waals surface area contributed by atoms with Crippen LogP contribution in [0.1, 0.15) is 24.8 Å². The minimum Gasteiger partial charge on any atom is -0.353 e. The second-order valence-electron chi connectivity index (χ2n) is 5.91. The van der Waals surface area contributed by atoms with E-state index in [1.807, 2.05) is 29.2 Å². The summed E-state index contributed by atoms with van der Waals surface area (Å²) < 4.78 is 1.00. The average molecular weight is 351 g/mol. The first-order chi connectivity index (χ1) is 10.1. The minimum absolute atomic E-state index is 0.158. The number of nitrogens with zero attached hydrogens (tertiary/aromatic N) is 1. The molecule has 2 heterocycles. The Labute approximate surface area is 133 Å². The van der Waals surface area contributed by atoms with Crippen LogP contribution in [-0.4, -0.2) is 35.8 Å². The number of amides is 2. The van der Waals surface area contributed by atoms with Crippen LogP contribution in [0.5, 0.6) is 0 Å². The maximum absolute atomic E-state index is 12.4. The van der Waals surface area contributed by atoms with Gasteiger partial charge < -0.3 is 10.2 Å². The van der Waals surface area contributed by atoms with Crippen LogP contribution in [-0.2, 0) is 16.0 Å². The van der Waals surface area contributed by atoms with Crippen molar-refractivity contribution in [1.29, 1.82) is 0 Å². The van der Waals surface area contributed by atoms with Crippen molar-refractivity contribution in [2.75, 3.05) is 13.1 Å². The third-order valence-electron chi connectivity index (χ3n) is 4.42. The van der Waals surface area contributed by atoms with Crippen LogP contribution in [0.4, 0.5) is 0 Å². The molecule has 0 spiro atoms. The number of hydrogen-bond donors (Lipinski definition) is 1. The highest BCUT2D eigenvalue weighted by Crippen LogP contribution is 2.25. The van der Waals surface area contributed by atoms with Crippen molar-refractivity contribution in [2.24, 2.45) is 5.92 Å². The fourth-order valence-corrected chi connectivity index (χ4v) is 3.72. The zero-order valence-corrected chi connectivity index (χ0v) is 13.4. The number of carbonyl (C=O) groups excluding carboxylic acids is 2. The number of fused-ring (bicyclic) bond motifs is 1. The molecule has 2 atom stereocenters. The summed E-state index contributed by atoms with van der Waals surface area (Å²) in [5.41, 5.74) is 1.04. The van der Waals surface area contributed by atoms with Crippen molar-refractivity contribution < 1.29 is 9.59 Å². The number of likely N-dealkylation sites (tertiary alicyclic amines) is 1. The molecule has 5 heteroatoms. The maximum atomic E-state index is 12.4. The van der Waals surface area contributed by atoms with Gasteiger partial charge >= 0.3 is 0 Å². The summed E-state index contributed by atoms with van der Waals surface area (Å²) in [6.45, 7) is 1.52. The van der Waals surface area contributed by atoms with Crippen molar-refractivity contribution in [1.82, 2.24) is 10.2 Å². The smallest absolute Gasteiger partial charge is 0.227 e. The predicted molar refractivity (Wildman–Crippen MR) is 83.7 cm³/mol. The molecule has 0 aliphatic carbocycles. The Morgan fingerprint density at radius 2 is 2.24 bits per heavy atom. The lowest BCUT2D eigenvalue weighted by Crippen LogP contribution is -2.55. The number of hydrogen-bond acceptors (Lipinski definition) is 2. The Balaban J connectivity index is 1.60. The Morgan fingerprint density at radius 3 is 3.05 bits per heavy atom. The van der Waals surface area contributed by atoms with Gasteiger partial charge in [-0.2, -0.15) is 0 Å². The topological polar surface area (TPSA) is 49.4 Å². The van der Waals surface area contributed by atoms with E-state index in [2.05, 4.69) is 21.2 Å². The Bertz CT molecular complexity index is 561. The van der Waals surface area contributed by atoms with Gasteiger partial charge in [0.1, 0.15) is 0 Å². The second kappa shape index (κ2) is 6.18. The van der Waals surface area contributed by atoms with Crippen LogP contribution >= 0.6 is 15.9 Å². The van der Waals surface area contributed by atoms with Gasteiger partial charge in [0.25, 0.3) is 0 Å². The van der Waals surface area contributed by atoms with Gasteiger partial charge in [0.2, 0.25) is 11.8 Å². The summed E-state index contributed by atoms with van der Waals surface area (Å²) in [6, 6.07) is 8.16. The summed E-state index contributed by atoms with van der Waals surface area (Å²) >= 11 is 3.43. The van der Waals surface area contributed by atoms with Crippen LogP contribution in [0.2, 0.25) is 0 Å². The van der Waals surface area contributed by atoms with Gasteiger partial charge in [0.15, 0.2) is 0 Å². The van der Waals surface area contributed by atoms with Gasteiger partial charge in [0.05, 0.1) is 6.42 Å². The van der Waals surface area contributed by atoms with Crippen molar-refractivity contribution in [3.63, 3.8) is 0 Å². The normalized spacial score (nSPS) is 25.2. The molecule has 0 radical (unpaired) electrons. The molecule has 21 heavy (non-hydrogen) atoms. The van der Waals surface area contributed by atoms with Crippen molar-refractivity contribution >= 4 is 27.7 Å². The van der Waals surface area contributed by atoms with E-state index in [1.165, 1.54) is 0 Å². The van der Waals surface area contributed by atoms with Crippen molar-refractivity contribution in [3.05, 3.63) is 34.3 Å². The van der Waals surface area contributed by atoms with E-state index in [9.17, 15) is 9.59 Å². The average Bonchev–Trinajstić information content (AvgIpc) is 2.46. The first kappa shape index (κ1) is 14.6. The van der Waals surface area contributed by atoms with Gasteiger partial charge in [-0.1, -0.05) is 28.1 Å². The van der Waals surface area contributed by atoms with E-state index in [4.69, 9.17) is 0 Å². The van der Waals surface area contributed by atoms with E-state index in [0.29, 0.717) is 18.8 Å². The SMILES string of the molecule is O=C1CCC2CN(C(=O)Cc3cccc(Br)c3)CCC2N1. The molecular formula is C16H19BrN2O2. The Morgan fingerprint density at radius 1 is 1.38 bits per heavy atom. The minimum atomic E-state index is 0.158. The number of rotatable bonds is 2. The van der Waals surface area contributed by atoms with Crippen LogP contribution in [0.15, 0.2) is 28.7 Å². The van der Waals surface area contributed by atoms with Gasteiger partial charge in [0, 0.05) is 30.0 Å². The highest BCUT2D eigenvalue weighted by Gasteiger charge is 2.35. The molecule has 2 aliphatic rings. The van der Waals surface area contributed by atoms with Crippen LogP contribution in [0, 0.1) is 5.92 Å². The number of piperidine rings is 2. The van der Waals surface area contributed by atoms with E-state index in [1.54, 1.807) is 0 Å². The van der Waals surface area contributed by atoms with Crippen LogP contribution < -0.4 is 5.32 Å². The molecule has 3 rings (SSSR count). The summed E-state index contributed by atoms with van der Waals surface area (Å²) in [7, 11) is 0. The summed E-state index contributed by atoms with van der Waals surface area (Å²) in [5, 5.41) is 3.05. The van der Waals surface area contributed by atoms with Crippen LogP contribution in [0.25, 0.3) is 0 Å². The molecule has 1 N–H and O–H groups in total. The molecule has 2 fully saturated rings. The lowest BCUT2D eigenvalue weighted by atomic mass is 9.85. The van der Waals surface area contributed by atoms with E-state index in [-0.39, 0.29) is 17.9 Å². The van der Waals surface area contributed by atoms with Gasteiger partial charge in [-0.15, -0.1) is 0 Å². The fourth-order valence-electron chi connectivity index (χ4n) is 3.27. The molecule has 2 saturated heterocycles. The van der Waals surface area contributed by atoms with E-state index in [0.717, 1.165) is 36.0 Å². The molecule has 0 saturated carbocycles. The van der Waals surface area contributed by atoms with E-state index >= 15 is 0 Å². The molecule has 0 bridgehead atoms. The first-order valence-corrected chi connectivity index (χ1v) is 8.23. The lowest BCUT2D eigenvalue weighted by molar-refractivity contribution is -0.134. The molecule has 0 aromatic heterocycles. The molecular weight excluding hydrogens is 332 g/mol. The highest BCUT2D eigenvalue weighted by atomic mass is 79.9. The molecule has 1 aromatic rings. The molecule has 2 unspecified atom stereocenters. The Kier molecular flexibility index (Phi) is 4.29. The standard InChI is InChI=1S/C16H19BrN2O2/c17-13-3-1-2-11(8-13)9-16(21)19-7-6-14-12(10-19)4-5-15(20)18-14/h1-3,8,12,14H,4-7,9-10H2,(H,18,20). The summed E-state index contributed by atoms with van der Waals surface area (Å²) in [5.74, 6) is 0.761. The van der Waals surface area contributed by atoms with Gasteiger partial charge in [-0.3, -0.25) is 9.59 Å². The van der Waals surface area contributed by atoms with Gasteiger partial charge in [-0.05, 0) is 36.5 Å². The quantitative estimate of drug-likeness (QED) is 0.887. The van der Waals surface area contributed by atoms with Crippen molar-refractivity contribution in [2.45, 2.75) is 31.7 Å². The van der Waals surface area contributed by atoms with Gasteiger partial charge in [-0.25, -0.2) is 0 Å². The zero-order valence-electron chi connectivity index (χ0n) is 11.8. The molecule has 112 valence electrons.